The van der Waals surface area contributed by atoms with E-state index in [1.54, 1.807) is 7.11 Å². The summed E-state index contributed by atoms with van der Waals surface area (Å²) in [5.41, 5.74) is 0. The Kier molecular flexibility index (Phi) is 10.9. The van der Waals surface area contributed by atoms with Crippen LogP contribution in [0.4, 0.5) is 0 Å². The van der Waals surface area contributed by atoms with Gasteiger partial charge in [-0.3, -0.25) is 0 Å². The number of aliphatic hydroxyl groups is 1. The highest BCUT2D eigenvalue weighted by Crippen LogP contribution is 2.05. The zero-order valence-electron chi connectivity index (χ0n) is 9.50. The number of rotatable bonds is 10. The molecular weight excluding hydrogens is 180 g/mol. The summed E-state index contributed by atoms with van der Waals surface area (Å²) in [5.74, 6) is 0. The van der Waals surface area contributed by atoms with Crippen LogP contribution in [0, 0.1) is 0 Å². The fourth-order valence-corrected chi connectivity index (χ4v) is 1.21. The van der Waals surface area contributed by atoms with E-state index in [-0.39, 0.29) is 6.10 Å². The van der Waals surface area contributed by atoms with Crippen molar-refractivity contribution in [1.29, 1.82) is 0 Å². The van der Waals surface area contributed by atoms with E-state index in [2.05, 4.69) is 0 Å². The van der Waals surface area contributed by atoms with Gasteiger partial charge in [0.1, 0.15) is 0 Å². The molecule has 0 amide bonds. The Bertz CT molecular complexity index is 107. The molecule has 0 saturated heterocycles. The quantitative estimate of drug-likeness (QED) is 0.553. The molecule has 0 aliphatic rings. The van der Waals surface area contributed by atoms with Gasteiger partial charge < -0.3 is 14.6 Å². The number of methoxy groups -OCH3 is 1. The molecule has 1 atom stereocenters. The molecular formula is C11H24O3. The summed E-state index contributed by atoms with van der Waals surface area (Å²) in [4.78, 5) is 0. The van der Waals surface area contributed by atoms with Crippen molar-refractivity contribution in [3.63, 3.8) is 0 Å². The molecule has 14 heavy (non-hydrogen) atoms. The van der Waals surface area contributed by atoms with Crippen LogP contribution in [0.5, 0.6) is 0 Å². The van der Waals surface area contributed by atoms with E-state index < -0.39 is 0 Å². The fraction of sp³-hybridized carbons (Fsp3) is 1.00. The molecule has 0 fully saturated rings. The maximum atomic E-state index is 9.28. The van der Waals surface area contributed by atoms with Crippen LogP contribution in [0.1, 0.15) is 39.0 Å². The van der Waals surface area contributed by atoms with Gasteiger partial charge in [0.25, 0.3) is 0 Å². The Morgan fingerprint density at radius 2 is 1.86 bits per heavy atom. The average molecular weight is 204 g/mol. The van der Waals surface area contributed by atoms with Crippen molar-refractivity contribution >= 4 is 0 Å². The molecule has 0 aliphatic heterocycles. The third-order valence-electron chi connectivity index (χ3n) is 2.23. The average Bonchev–Trinajstić information content (AvgIpc) is 2.21. The largest absolute Gasteiger partial charge is 0.393 e. The van der Waals surface area contributed by atoms with Crippen molar-refractivity contribution in [2.75, 3.05) is 26.9 Å². The van der Waals surface area contributed by atoms with Gasteiger partial charge in [-0.05, 0) is 19.3 Å². The number of hydrogen-bond donors (Lipinski definition) is 1. The first-order valence-electron chi connectivity index (χ1n) is 5.56. The molecule has 0 rings (SSSR count). The van der Waals surface area contributed by atoms with Gasteiger partial charge in [0.15, 0.2) is 0 Å². The summed E-state index contributed by atoms with van der Waals surface area (Å²) in [5, 5.41) is 9.28. The van der Waals surface area contributed by atoms with E-state index in [4.69, 9.17) is 9.47 Å². The topological polar surface area (TPSA) is 38.7 Å². The number of aliphatic hydroxyl groups excluding tert-OH is 1. The lowest BCUT2D eigenvalue weighted by Gasteiger charge is -2.07. The van der Waals surface area contributed by atoms with Crippen molar-refractivity contribution in [2.45, 2.75) is 45.1 Å². The summed E-state index contributed by atoms with van der Waals surface area (Å²) in [6.07, 6.45) is 5.01. The Morgan fingerprint density at radius 3 is 2.50 bits per heavy atom. The van der Waals surface area contributed by atoms with Crippen LogP contribution in [0.2, 0.25) is 0 Å². The molecule has 1 N–H and O–H groups in total. The standard InChI is InChI=1S/C11H24O3/c1-3-11(12)7-5-4-6-8-14-10-9-13-2/h11-12H,3-10H2,1-2H3. The molecule has 1 unspecified atom stereocenters. The normalized spacial score (nSPS) is 13.1. The van der Waals surface area contributed by atoms with Crippen molar-refractivity contribution in [1.82, 2.24) is 0 Å². The second-order valence-corrected chi connectivity index (χ2v) is 3.52. The fourth-order valence-electron chi connectivity index (χ4n) is 1.21. The molecule has 0 radical (unpaired) electrons. The first-order valence-corrected chi connectivity index (χ1v) is 5.56. The van der Waals surface area contributed by atoms with Crippen LogP contribution in [-0.4, -0.2) is 38.1 Å². The summed E-state index contributed by atoms with van der Waals surface area (Å²) < 4.78 is 10.2. The highest BCUT2D eigenvalue weighted by atomic mass is 16.5. The Balaban J connectivity index is 2.92. The van der Waals surface area contributed by atoms with Crippen molar-refractivity contribution < 1.29 is 14.6 Å². The number of hydrogen-bond acceptors (Lipinski definition) is 3. The molecule has 0 heterocycles. The minimum atomic E-state index is -0.107. The van der Waals surface area contributed by atoms with E-state index in [9.17, 15) is 5.11 Å². The number of ether oxygens (including phenoxy) is 2. The summed E-state index contributed by atoms with van der Waals surface area (Å²) in [6, 6.07) is 0. The third-order valence-corrected chi connectivity index (χ3v) is 2.23. The molecule has 0 spiro atoms. The molecule has 3 nitrogen and oxygen atoms in total. The maximum absolute atomic E-state index is 9.28. The van der Waals surface area contributed by atoms with E-state index >= 15 is 0 Å². The highest BCUT2D eigenvalue weighted by molar-refractivity contribution is 4.52. The highest BCUT2D eigenvalue weighted by Gasteiger charge is 1.99. The van der Waals surface area contributed by atoms with Crippen LogP contribution < -0.4 is 0 Å². The van der Waals surface area contributed by atoms with Gasteiger partial charge in [-0.2, -0.15) is 0 Å². The maximum Gasteiger partial charge on any atom is 0.0700 e. The molecule has 0 aromatic rings. The summed E-state index contributed by atoms with van der Waals surface area (Å²) >= 11 is 0. The Morgan fingerprint density at radius 1 is 1.07 bits per heavy atom. The Labute approximate surface area is 87.4 Å². The zero-order valence-corrected chi connectivity index (χ0v) is 9.50. The second kappa shape index (κ2) is 11.0. The van der Waals surface area contributed by atoms with Gasteiger partial charge in [-0.25, -0.2) is 0 Å². The second-order valence-electron chi connectivity index (χ2n) is 3.52. The van der Waals surface area contributed by atoms with Crippen LogP contribution in [0.15, 0.2) is 0 Å². The van der Waals surface area contributed by atoms with Crippen molar-refractivity contribution in [3.05, 3.63) is 0 Å². The van der Waals surface area contributed by atoms with E-state index in [1.807, 2.05) is 6.92 Å². The monoisotopic (exact) mass is 204 g/mol. The van der Waals surface area contributed by atoms with Crippen LogP contribution in [0.25, 0.3) is 0 Å². The lowest BCUT2D eigenvalue weighted by molar-refractivity contribution is 0.0679. The Hall–Kier alpha value is -0.120. The van der Waals surface area contributed by atoms with Crippen LogP contribution >= 0.6 is 0 Å². The molecule has 0 aromatic heterocycles. The molecule has 0 bridgehead atoms. The molecule has 0 aliphatic carbocycles. The smallest absolute Gasteiger partial charge is 0.0700 e. The molecule has 0 saturated carbocycles. The van der Waals surface area contributed by atoms with Crippen LogP contribution in [0.3, 0.4) is 0 Å². The SMILES string of the molecule is CCC(O)CCCCCOCCOC. The minimum Gasteiger partial charge on any atom is -0.393 e. The van der Waals surface area contributed by atoms with Gasteiger partial charge >= 0.3 is 0 Å². The molecule has 86 valence electrons. The third kappa shape index (κ3) is 9.96. The predicted molar refractivity (Wildman–Crippen MR) is 57.5 cm³/mol. The van der Waals surface area contributed by atoms with E-state index in [1.165, 1.54) is 0 Å². The molecule has 3 heteroatoms. The zero-order chi connectivity index (χ0) is 10.6. The summed E-state index contributed by atoms with van der Waals surface area (Å²) in [6.45, 7) is 4.19. The lowest BCUT2D eigenvalue weighted by Crippen LogP contribution is -2.05. The first kappa shape index (κ1) is 13.9. The van der Waals surface area contributed by atoms with Gasteiger partial charge in [-0.1, -0.05) is 19.8 Å². The van der Waals surface area contributed by atoms with Gasteiger partial charge in [0, 0.05) is 13.7 Å². The van der Waals surface area contributed by atoms with E-state index in [0.717, 1.165) is 38.7 Å². The first-order chi connectivity index (χ1) is 6.81. The van der Waals surface area contributed by atoms with Crippen molar-refractivity contribution in [3.8, 4) is 0 Å². The number of unbranched alkanes of at least 4 members (excludes halogenated alkanes) is 2. The van der Waals surface area contributed by atoms with Gasteiger partial charge in [0.05, 0.1) is 19.3 Å². The predicted octanol–water partition coefficient (Wildman–Crippen LogP) is 1.98. The van der Waals surface area contributed by atoms with Crippen molar-refractivity contribution in [2.24, 2.45) is 0 Å². The van der Waals surface area contributed by atoms with Gasteiger partial charge in [-0.15, -0.1) is 0 Å². The lowest BCUT2D eigenvalue weighted by atomic mass is 10.1. The molecule has 0 aromatic carbocycles. The van der Waals surface area contributed by atoms with Gasteiger partial charge in [0.2, 0.25) is 0 Å². The van der Waals surface area contributed by atoms with Crippen LogP contribution in [-0.2, 0) is 9.47 Å². The summed E-state index contributed by atoms with van der Waals surface area (Å²) in [7, 11) is 1.68. The van der Waals surface area contributed by atoms with E-state index in [0.29, 0.717) is 13.2 Å². The minimum absolute atomic E-state index is 0.107.